The molecule has 1 atom stereocenters. The molecular formula is C29H55N3O7. The first kappa shape index (κ1) is 36.8. The van der Waals surface area contributed by atoms with Gasteiger partial charge in [0.25, 0.3) is 0 Å². The van der Waals surface area contributed by atoms with E-state index in [1.54, 1.807) is 0 Å². The van der Waals surface area contributed by atoms with Crippen LogP contribution in [-0.4, -0.2) is 74.4 Å². The zero-order chi connectivity index (χ0) is 29.0. The molecule has 0 spiro atoms. The van der Waals surface area contributed by atoms with Crippen molar-refractivity contribution in [2.75, 3.05) is 39.5 Å². The van der Waals surface area contributed by atoms with E-state index in [4.69, 9.17) is 9.47 Å². The van der Waals surface area contributed by atoms with Crippen molar-refractivity contribution < 1.29 is 33.8 Å². The minimum Gasteiger partial charge on any atom is -0.480 e. The van der Waals surface area contributed by atoms with Crippen LogP contribution in [0.15, 0.2) is 0 Å². The Balaban J connectivity index is 3.73. The molecule has 0 bridgehead atoms. The number of amides is 3. The van der Waals surface area contributed by atoms with Gasteiger partial charge in [0, 0.05) is 25.9 Å². The highest BCUT2D eigenvalue weighted by Crippen LogP contribution is 2.13. The fraction of sp³-hybridized carbons (Fsp3) is 0.862. The molecule has 10 nitrogen and oxygen atoms in total. The largest absolute Gasteiger partial charge is 0.480 e. The summed E-state index contributed by atoms with van der Waals surface area (Å²) in [5, 5.41) is 17.2. The topological polar surface area (TPSA) is 143 Å². The molecule has 39 heavy (non-hydrogen) atoms. The van der Waals surface area contributed by atoms with Gasteiger partial charge in [-0.05, 0) is 19.8 Å². The zero-order valence-electron chi connectivity index (χ0n) is 24.5. The molecule has 10 heteroatoms. The lowest BCUT2D eigenvalue weighted by molar-refractivity contribution is -0.142. The van der Waals surface area contributed by atoms with Gasteiger partial charge in [0.05, 0.1) is 19.8 Å². The lowest BCUT2D eigenvalue weighted by Crippen LogP contribution is -2.41. The summed E-state index contributed by atoms with van der Waals surface area (Å²) in [6.45, 7) is 5.71. The van der Waals surface area contributed by atoms with Crippen molar-refractivity contribution in [2.45, 2.75) is 123 Å². The molecule has 0 aliphatic rings. The van der Waals surface area contributed by atoms with Crippen molar-refractivity contribution in [3.8, 4) is 0 Å². The molecule has 3 amide bonds. The molecule has 0 aliphatic heterocycles. The molecule has 0 rings (SSSR count). The van der Waals surface area contributed by atoms with Gasteiger partial charge in [-0.1, -0.05) is 84.0 Å². The van der Waals surface area contributed by atoms with E-state index in [9.17, 15) is 24.3 Å². The molecule has 0 radical (unpaired) electrons. The van der Waals surface area contributed by atoms with Gasteiger partial charge in [-0.15, -0.1) is 0 Å². The molecular weight excluding hydrogens is 502 g/mol. The standard InChI is InChI=1S/C29H55N3O7/c1-3-5-6-7-8-9-10-11-12-13-14-15-16-17-27(34)32-25(29(36)37)18-19-26(33)31-20-21-38-22-23-39-24-28(35)30-4-2/h25H,3-24H2,1-2H3,(H,30,35)(H,31,33)(H,32,34)(H,36,37). The van der Waals surface area contributed by atoms with E-state index in [1.165, 1.54) is 64.2 Å². The minimum absolute atomic E-state index is 0.00830. The predicted molar refractivity (Wildman–Crippen MR) is 152 cm³/mol. The SMILES string of the molecule is CCCCCCCCCCCCCCCC(=O)NC(CCC(=O)NCCOCCOCC(=O)NCC)C(=O)O. The monoisotopic (exact) mass is 557 g/mol. The second kappa shape index (κ2) is 27.4. The molecule has 0 aromatic rings. The van der Waals surface area contributed by atoms with E-state index >= 15 is 0 Å². The van der Waals surface area contributed by atoms with E-state index < -0.39 is 12.0 Å². The normalized spacial score (nSPS) is 11.6. The average Bonchev–Trinajstić information content (AvgIpc) is 2.90. The molecule has 1 unspecified atom stereocenters. The number of carbonyl (C=O) groups is 4. The lowest BCUT2D eigenvalue weighted by atomic mass is 10.0. The van der Waals surface area contributed by atoms with Crippen LogP contribution in [0.1, 0.15) is 117 Å². The molecule has 0 aromatic heterocycles. The fourth-order valence-electron chi connectivity index (χ4n) is 4.09. The number of ether oxygens (including phenoxy) is 2. The Kier molecular flexibility index (Phi) is 25.8. The Morgan fingerprint density at radius 2 is 1.21 bits per heavy atom. The number of aliphatic carboxylic acids is 1. The van der Waals surface area contributed by atoms with Crippen LogP contribution in [0.25, 0.3) is 0 Å². The van der Waals surface area contributed by atoms with E-state index in [0.29, 0.717) is 19.6 Å². The maximum Gasteiger partial charge on any atom is 0.326 e. The van der Waals surface area contributed by atoms with Gasteiger partial charge in [0.15, 0.2) is 0 Å². The highest BCUT2D eigenvalue weighted by Gasteiger charge is 2.20. The van der Waals surface area contributed by atoms with Crippen LogP contribution in [0, 0.1) is 0 Å². The Hall–Kier alpha value is -2.20. The first-order valence-electron chi connectivity index (χ1n) is 15.1. The smallest absolute Gasteiger partial charge is 0.326 e. The van der Waals surface area contributed by atoms with Crippen LogP contribution in [0.3, 0.4) is 0 Å². The van der Waals surface area contributed by atoms with Crippen molar-refractivity contribution in [1.29, 1.82) is 0 Å². The Morgan fingerprint density at radius 3 is 1.77 bits per heavy atom. The van der Waals surface area contributed by atoms with Crippen LogP contribution in [0.4, 0.5) is 0 Å². The van der Waals surface area contributed by atoms with Crippen molar-refractivity contribution in [3.63, 3.8) is 0 Å². The molecule has 0 heterocycles. The van der Waals surface area contributed by atoms with E-state index in [-0.39, 0.29) is 56.9 Å². The van der Waals surface area contributed by atoms with Crippen LogP contribution in [0.5, 0.6) is 0 Å². The maximum absolute atomic E-state index is 12.2. The summed E-state index contributed by atoms with van der Waals surface area (Å²) < 4.78 is 10.5. The first-order valence-corrected chi connectivity index (χ1v) is 15.1. The number of hydrogen-bond donors (Lipinski definition) is 4. The van der Waals surface area contributed by atoms with E-state index in [0.717, 1.165) is 19.3 Å². The summed E-state index contributed by atoms with van der Waals surface area (Å²) in [5.41, 5.74) is 0. The maximum atomic E-state index is 12.2. The quantitative estimate of drug-likeness (QED) is 0.106. The lowest BCUT2D eigenvalue weighted by Gasteiger charge is -2.14. The number of nitrogens with one attached hydrogen (secondary N) is 3. The number of rotatable bonds is 28. The molecule has 0 aliphatic carbocycles. The van der Waals surface area contributed by atoms with Gasteiger partial charge < -0.3 is 30.5 Å². The van der Waals surface area contributed by atoms with Gasteiger partial charge in [-0.2, -0.15) is 0 Å². The number of likely N-dealkylation sites (N-methyl/N-ethyl adjacent to an activating group) is 1. The zero-order valence-corrected chi connectivity index (χ0v) is 24.5. The third-order valence-corrected chi connectivity index (χ3v) is 6.35. The minimum atomic E-state index is -1.14. The van der Waals surface area contributed by atoms with Crippen LogP contribution in [-0.2, 0) is 28.7 Å². The molecule has 0 saturated carbocycles. The predicted octanol–water partition coefficient (Wildman–Crippen LogP) is 4.10. The second-order valence-electron chi connectivity index (χ2n) is 9.96. The number of carboxylic acid groups (broad SMARTS) is 1. The summed E-state index contributed by atoms with van der Waals surface area (Å²) in [4.78, 5) is 46.9. The molecule has 0 aromatic carbocycles. The van der Waals surface area contributed by atoms with Gasteiger partial charge in [0.1, 0.15) is 12.6 Å². The van der Waals surface area contributed by atoms with E-state index in [2.05, 4.69) is 22.9 Å². The first-order chi connectivity index (χ1) is 18.9. The van der Waals surface area contributed by atoms with Crippen LogP contribution in [0.2, 0.25) is 0 Å². The highest BCUT2D eigenvalue weighted by molar-refractivity contribution is 5.84. The van der Waals surface area contributed by atoms with Gasteiger partial charge >= 0.3 is 5.97 Å². The summed E-state index contributed by atoms with van der Waals surface area (Å²) in [5.74, 6) is -1.91. The highest BCUT2D eigenvalue weighted by atomic mass is 16.5. The summed E-state index contributed by atoms with van der Waals surface area (Å²) >= 11 is 0. The number of carboxylic acids is 1. The van der Waals surface area contributed by atoms with Gasteiger partial charge in [0.2, 0.25) is 17.7 Å². The Bertz CT molecular complexity index is 646. The number of unbranched alkanes of at least 4 members (excludes halogenated alkanes) is 12. The van der Waals surface area contributed by atoms with E-state index in [1.807, 2.05) is 6.92 Å². The molecule has 228 valence electrons. The summed E-state index contributed by atoms with van der Waals surface area (Å²) in [7, 11) is 0. The number of hydrogen-bond acceptors (Lipinski definition) is 6. The van der Waals surface area contributed by atoms with Crippen molar-refractivity contribution in [1.82, 2.24) is 16.0 Å². The van der Waals surface area contributed by atoms with Gasteiger partial charge in [-0.3, -0.25) is 14.4 Å². The average molecular weight is 558 g/mol. The summed E-state index contributed by atoms with van der Waals surface area (Å²) in [6, 6.07) is -1.08. The third-order valence-electron chi connectivity index (χ3n) is 6.35. The number of carbonyl (C=O) groups excluding carboxylic acids is 3. The Morgan fingerprint density at radius 1 is 0.641 bits per heavy atom. The summed E-state index contributed by atoms with van der Waals surface area (Å²) in [6.07, 6.45) is 16.2. The van der Waals surface area contributed by atoms with Gasteiger partial charge in [-0.25, -0.2) is 4.79 Å². The van der Waals surface area contributed by atoms with Crippen molar-refractivity contribution >= 4 is 23.7 Å². The third kappa shape index (κ3) is 25.8. The fourth-order valence-corrected chi connectivity index (χ4v) is 4.09. The molecule has 4 N–H and O–H groups in total. The molecule has 0 fully saturated rings. The van der Waals surface area contributed by atoms with Crippen molar-refractivity contribution in [3.05, 3.63) is 0 Å². The molecule has 0 saturated heterocycles. The van der Waals surface area contributed by atoms with Crippen LogP contribution < -0.4 is 16.0 Å². The van der Waals surface area contributed by atoms with Crippen LogP contribution >= 0.6 is 0 Å². The van der Waals surface area contributed by atoms with Crippen molar-refractivity contribution in [2.24, 2.45) is 0 Å². The second-order valence-corrected chi connectivity index (χ2v) is 9.96. The Labute approximate surface area is 235 Å².